The molecule has 7 nitrogen and oxygen atoms in total. The molecule has 0 fully saturated rings. The van der Waals surface area contributed by atoms with Gasteiger partial charge in [0.15, 0.2) is 6.33 Å². The van der Waals surface area contributed by atoms with Gasteiger partial charge in [0.25, 0.3) is 5.91 Å². The molecular weight excluding hydrogens is 250 g/mol. The molecule has 1 heterocycles. The first kappa shape index (κ1) is 12.9. The van der Waals surface area contributed by atoms with Crippen LogP contribution in [0.2, 0.25) is 0 Å². The van der Waals surface area contributed by atoms with Crippen LogP contribution in [0, 0.1) is 0 Å². The second-order valence-electron chi connectivity index (χ2n) is 3.72. The fourth-order valence-corrected chi connectivity index (χ4v) is 1.51. The number of hydrogen-bond donors (Lipinski definition) is 2. The van der Waals surface area contributed by atoms with Gasteiger partial charge in [0.1, 0.15) is 11.5 Å². The van der Waals surface area contributed by atoms with Gasteiger partial charge in [0.05, 0.1) is 12.7 Å². The number of ether oxygens (including phenoxy) is 1. The van der Waals surface area contributed by atoms with E-state index < -0.39 is 0 Å². The molecular formula is C12H13N3O4. The average molecular weight is 263 g/mol. The monoisotopic (exact) mass is 263 g/mol. The molecule has 2 N–H and O–H groups in total. The molecule has 0 saturated carbocycles. The standard InChI is InChI=1S/C12H13N3O4/c1-18-8-2-3-9(10(16)6-8)12(17)13-5-4-11-14-7-15-19-11/h2-3,6-7,16H,4-5H2,1H3,(H,13,17). The molecule has 7 heteroatoms. The zero-order valence-corrected chi connectivity index (χ0v) is 10.3. The van der Waals surface area contributed by atoms with Crippen LogP contribution in [0.15, 0.2) is 29.0 Å². The summed E-state index contributed by atoms with van der Waals surface area (Å²) in [5.74, 6) is 0.425. The van der Waals surface area contributed by atoms with E-state index in [1.54, 1.807) is 6.07 Å². The van der Waals surface area contributed by atoms with Crippen LogP contribution < -0.4 is 10.1 Å². The Balaban J connectivity index is 1.92. The summed E-state index contributed by atoms with van der Waals surface area (Å²) in [4.78, 5) is 15.6. The second-order valence-corrected chi connectivity index (χ2v) is 3.72. The molecule has 1 aromatic carbocycles. The number of nitrogens with zero attached hydrogens (tertiary/aromatic N) is 2. The predicted octanol–water partition coefficient (Wildman–Crippen LogP) is 0.756. The highest BCUT2D eigenvalue weighted by Crippen LogP contribution is 2.23. The molecule has 2 rings (SSSR count). The number of phenolic OH excluding ortho intramolecular Hbond substituents is 1. The van der Waals surface area contributed by atoms with Crippen LogP contribution in [-0.2, 0) is 6.42 Å². The van der Waals surface area contributed by atoms with E-state index in [9.17, 15) is 9.90 Å². The van der Waals surface area contributed by atoms with Crippen LogP contribution in [0.1, 0.15) is 16.2 Å². The molecule has 0 bridgehead atoms. The minimum absolute atomic E-state index is 0.130. The highest BCUT2D eigenvalue weighted by molar-refractivity contribution is 5.96. The first-order valence-corrected chi connectivity index (χ1v) is 5.61. The Labute approximate surface area is 109 Å². The molecule has 0 aliphatic rings. The Hall–Kier alpha value is -2.57. The van der Waals surface area contributed by atoms with E-state index in [0.29, 0.717) is 24.6 Å². The number of nitrogens with one attached hydrogen (secondary N) is 1. The van der Waals surface area contributed by atoms with Crippen molar-refractivity contribution in [3.63, 3.8) is 0 Å². The van der Waals surface area contributed by atoms with Crippen LogP contribution in [-0.4, -0.2) is 34.8 Å². The Kier molecular flexibility index (Phi) is 3.97. The molecule has 0 radical (unpaired) electrons. The van der Waals surface area contributed by atoms with Gasteiger partial charge in [-0.15, -0.1) is 0 Å². The summed E-state index contributed by atoms with van der Waals surface area (Å²) < 4.78 is 9.74. The quantitative estimate of drug-likeness (QED) is 0.826. The van der Waals surface area contributed by atoms with Crippen molar-refractivity contribution < 1.29 is 19.2 Å². The smallest absolute Gasteiger partial charge is 0.255 e. The molecule has 0 saturated heterocycles. The number of aromatic hydroxyl groups is 1. The Morgan fingerprint density at radius 1 is 1.53 bits per heavy atom. The normalized spacial score (nSPS) is 10.2. The molecule has 100 valence electrons. The fourth-order valence-electron chi connectivity index (χ4n) is 1.51. The largest absolute Gasteiger partial charge is 0.507 e. The maximum absolute atomic E-state index is 11.8. The van der Waals surface area contributed by atoms with Crippen molar-refractivity contribution in [2.75, 3.05) is 13.7 Å². The van der Waals surface area contributed by atoms with Gasteiger partial charge >= 0.3 is 0 Å². The molecule has 1 amide bonds. The number of benzene rings is 1. The van der Waals surface area contributed by atoms with Gasteiger partial charge in [-0.05, 0) is 12.1 Å². The summed E-state index contributed by atoms with van der Waals surface area (Å²) in [6, 6.07) is 4.48. The summed E-state index contributed by atoms with van der Waals surface area (Å²) in [7, 11) is 1.49. The van der Waals surface area contributed by atoms with Gasteiger partial charge < -0.3 is 19.7 Å². The van der Waals surface area contributed by atoms with Gasteiger partial charge in [-0.25, -0.2) is 0 Å². The molecule has 2 aromatic rings. The Morgan fingerprint density at radius 3 is 3.00 bits per heavy atom. The van der Waals surface area contributed by atoms with Gasteiger partial charge in [0, 0.05) is 19.0 Å². The van der Waals surface area contributed by atoms with Crippen LogP contribution in [0.4, 0.5) is 0 Å². The molecule has 0 aliphatic carbocycles. The minimum Gasteiger partial charge on any atom is -0.507 e. The van der Waals surface area contributed by atoms with Crippen LogP contribution in [0.25, 0.3) is 0 Å². The summed E-state index contributed by atoms with van der Waals surface area (Å²) in [5.41, 5.74) is 0.186. The molecule has 0 unspecified atom stereocenters. The maximum atomic E-state index is 11.8. The molecule has 0 spiro atoms. The number of carbonyl (C=O) groups is 1. The van der Waals surface area contributed by atoms with Crippen molar-refractivity contribution in [1.82, 2.24) is 15.5 Å². The average Bonchev–Trinajstić information content (AvgIpc) is 2.91. The molecule has 19 heavy (non-hydrogen) atoms. The zero-order valence-electron chi connectivity index (χ0n) is 10.3. The van der Waals surface area contributed by atoms with Crippen molar-refractivity contribution in [2.45, 2.75) is 6.42 Å². The minimum atomic E-state index is -0.375. The summed E-state index contributed by atoms with van der Waals surface area (Å²) in [6.45, 7) is 0.340. The van der Waals surface area contributed by atoms with Gasteiger partial charge in [-0.1, -0.05) is 5.16 Å². The third-order valence-corrected chi connectivity index (χ3v) is 2.48. The molecule has 0 aliphatic heterocycles. The highest BCUT2D eigenvalue weighted by atomic mass is 16.5. The lowest BCUT2D eigenvalue weighted by atomic mass is 10.2. The van der Waals surface area contributed by atoms with Crippen molar-refractivity contribution in [3.8, 4) is 11.5 Å². The van der Waals surface area contributed by atoms with Crippen LogP contribution in [0.5, 0.6) is 11.5 Å². The number of methoxy groups -OCH3 is 1. The van der Waals surface area contributed by atoms with E-state index in [4.69, 9.17) is 9.26 Å². The Morgan fingerprint density at radius 2 is 2.37 bits per heavy atom. The third-order valence-electron chi connectivity index (χ3n) is 2.48. The first-order valence-electron chi connectivity index (χ1n) is 5.61. The lowest BCUT2D eigenvalue weighted by molar-refractivity contribution is 0.0950. The van der Waals surface area contributed by atoms with Crippen molar-refractivity contribution >= 4 is 5.91 Å². The summed E-state index contributed by atoms with van der Waals surface area (Å²) in [6.07, 6.45) is 1.73. The van der Waals surface area contributed by atoms with Crippen molar-refractivity contribution in [3.05, 3.63) is 36.0 Å². The van der Waals surface area contributed by atoms with Gasteiger partial charge in [-0.3, -0.25) is 4.79 Å². The third kappa shape index (κ3) is 3.21. The summed E-state index contributed by atoms with van der Waals surface area (Å²) in [5, 5.41) is 15.8. The van der Waals surface area contributed by atoms with E-state index in [0.717, 1.165) is 0 Å². The molecule has 1 aromatic heterocycles. The van der Waals surface area contributed by atoms with E-state index in [2.05, 4.69) is 15.5 Å². The maximum Gasteiger partial charge on any atom is 0.255 e. The summed E-state index contributed by atoms with van der Waals surface area (Å²) >= 11 is 0. The number of carbonyl (C=O) groups excluding carboxylic acids is 1. The topological polar surface area (TPSA) is 97.5 Å². The van der Waals surface area contributed by atoms with Gasteiger partial charge in [-0.2, -0.15) is 4.98 Å². The zero-order chi connectivity index (χ0) is 13.7. The lowest BCUT2D eigenvalue weighted by Crippen LogP contribution is -2.25. The van der Waals surface area contributed by atoms with Crippen molar-refractivity contribution in [2.24, 2.45) is 0 Å². The number of aromatic nitrogens is 2. The van der Waals surface area contributed by atoms with E-state index in [1.165, 1.54) is 25.6 Å². The van der Waals surface area contributed by atoms with E-state index in [1.807, 2.05) is 0 Å². The first-order chi connectivity index (χ1) is 9.20. The van der Waals surface area contributed by atoms with Crippen molar-refractivity contribution in [1.29, 1.82) is 0 Å². The number of hydrogen-bond acceptors (Lipinski definition) is 6. The highest BCUT2D eigenvalue weighted by Gasteiger charge is 2.11. The number of phenols is 1. The number of amides is 1. The fraction of sp³-hybridized carbons (Fsp3) is 0.250. The SMILES string of the molecule is COc1ccc(C(=O)NCCc2ncno2)c(O)c1. The van der Waals surface area contributed by atoms with Crippen LogP contribution in [0.3, 0.4) is 0 Å². The van der Waals surface area contributed by atoms with E-state index >= 15 is 0 Å². The second kappa shape index (κ2) is 5.85. The lowest BCUT2D eigenvalue weighted by Gasteiger charge is -2.07. The van der Waals surface area contributed by atoms with Gasteiger partial charge in [0.2, 0.25) is 5.89 Å². The number of rotatable bonds is 5. The predicted molar refractivity (Wildman–Crippen MR) is 65.0 cm³/mol. The molecule has 0 atom stereocenters. The van der Waals surface area contributed by atoms with E-state index in [-0.39, 0.29) is 17.2 Å². The Bertz CT molecular complexity index is 554. The van der Waals surface area contributed by atoms with Crippen LogP contribution >= 0.6 is 0 Å².